The van der Waals surface area contributed by atoms with E-state index in [0.29, 0.717) is 17.4 Å². The van der Waals surface area contributed by atoms with Crippen molar-refractivity contribution < 1.29 is 8.42 Å². The van der Waals surface area contributed by atoms with Gasteiger partial charge in [-0.25, -0.2) is 0 Å². The molecule has 20 heavy (non-hydrogen) atoms. The summed E-state index contributed by atoms with van der Waals surface area (Å²) in [5.41, 5.74) is 0. The third-order valence-electron chi connectivity index (χ3n) is 2.87. The van der Waals surface area contributed by atoms with E-state index in [0.717, 1.165) is 24.4 Å². The molecule has 0 fully saturated rings. The van der Waals surface area contributed by atoms with Gasteiger partial charge in [-0.05, 0) is 31.6 Å². The highest BCUT2D eigenvalue weighted by Gasteiger charge is 2.23. The van der Waals surface area contributed by atoms with Gasteiger partial charge in [-0.3, -0.25) is 0 Å². The zero-order valence-corrected chi connectivity index (χ0v) is 14.5. The highest BCUT2D eigenvalue weighted by molar-refractivity contribution is 7.86. The summed E-state index contributed by atoms with van der Waals surface area (Å²) in [7, 11) is -0.215. The molecule has 1 rings (SSSR count). The van der Waals surface area contributed by atoms with E-state index in [4.69, 9.17) is 11.6 Å². The van der Waals surface area contributed by atoms with E-state index in [1.807, 2.05) is 13.0 Å². The quantitative estimate of drug-likeness (QED) is 0.700. The predicted octanol–water partition coefficient (Wildman–Crippen LogP) is 2.01. The maximum Gasteiger partial charge on any atom is 0.281 e. The van der Waals surface area contributed by atoms with E-state index in [2.05, 4.69) is 5.32 Å². The Morgan fingerprint density at radius 1 is 1.30 bits per heavy atom. The first-order valence-electron chi connectivity index (χ1n) is 6.50. The fourth-order valence-corrected chi connectivity index (χ4v) is 4.06. The molecule has 1 aromatic rings. The van der Waals surface area contributed by atoms with Crippen molar-refractivity contribution in [3.8, 4) is 0 Å². The largest absolute Gasteiger partial charge is 0.317 e. The van der Waals surface area contributed by atoms with Crippen molar-refractivity contribution in [2.45, 2.75) is 19.9 Å². The molecule has 0 bridgehead atoms. The van der Waals surface area contributed by atoms with Gasteiger partial charge in [-0.1, -0.05) is 18.5 Å². The second-order valence-corrected chi connectivity index (χ2v) is 8.44. The molecule has 0 atom stereocenters. The molecule has 0 aliphatic rings. The first-order chi connectivity index (χ1) is 9.37. The van der Waals surface area contributed by atoms with Crippen LogP contribution in [-0.2, 0) is 16.8 Å². The van der Waals surface area contributed by atoms with Gasteiger partial charge in [0, 0.05) is 32.1 Å². The summed E-state index contributed by atoms with van der Waals surface area (Å²) in [6.45, 7) is 4.60. The van der Waals surface area contributed by atoms with Crippen LogP contribution >= 0.6 is 22.9 Å². The normalized spacial score (nSPS) is 12.5. The summed E-state index contributed by atoms with van der Waals surface area (Å²) in [4.78, 5) is 0.933. The SMILES string of the molecule is CCNCCCN(C)S(=O)(=O)N(C)Cc1ccc(Cl)s1. The van der Waals surface area contributed by atoms with Crippen molar-refractivity contribution in [1.82, 2.24) is 13.9 Å². The molecule has 0 amide bonds. The predicted molar refractivity (Wildman–Crippen MR) is 85.5 cm³/mol. The number of nitrogens with zero attached hydrogens (tertiary/aromatic N) is 2. The average molecular weight is 340 g/mol. The molecule has 0 saturated carbocycles. The van der Waals surface area contributed by atoms with Crippen molar-refractivity contribution in [2.75, 3.05) is 33.7 Å². The molecular formula is C12H22ClN3O2S2. The van der Waals surface area contributed by atoms with Crippen molar-refractivity contribution in [3.05, 3.63) is 21.3 Å². The lowest BCUT2D eigenvalue weighted by Crippen LogP contribution is -2.40. The first kappa shape index (κ1) is 17.9. The number of hydrogen-bond donors (Lipinski definition) is 1. The summed E-state index contributed by atoms with van der Waals surface area (Å²) in [5, 5.41) is 3.18. The van der Waals surface area contributed by atoms with Crippen LogP contribution in [0.3, 0.4) is 0 Å². The van der Waals surface area contributed by atoms with Crippen LogP contribution in [0.1, 0.15) is 18.2 Å². The number of thiophene rings is 1. The van der Waals surface area contributed by atoms with Crippen LogP contribution in [0.25, 0.3) is 0 Å². The maximum atomic E-state index is 12.3. The molecule has 0 aliphatic carbocycles. The highest BCUT2D eigenvalue weighted by Crippen LogP contribution is 2.23. The topological polar surface area (TPSA) is 52.7 Å². The van der Waals surface area contributed by atoms with Gasteiger partial charge in [0.15, 0.2) is 0 Å². The third kappa shape index (κ3) is 5.31. The van der Waals surface area contributed by atoms with E-state index in [9.17, 15) is 8.42 Å². The summed E-state index contributed by atoms with van der Waals surface area (Å²) < 4.78 is 28.0. The van der Waals surface area contributed by atoms with Crippen LogP contribution < -0.4 is 5.32 Å². The zero-order valence-electron chi connectivity index (χ0n) is 12.1. The molecule has 0 aromatic carbocycles. The molecule has 116 valence electrons. The number of halogens is 1. The third-order valence-corrected chi connectivity index (χ3v) is 5.97. The molecule has 5 nitrogen and oxygen atoms in total. The highest BCUT2D eigenvalue weighted by atomic mass is 35.5. The molecular weight excluding hydrogens is 318 g/mol. The van der Waals surface area contributed by atoms with Gasteiger partial charge < -0.3 is 5.32 Å². The summed E-state index contributed by atoms with van der Waals surface area (Å²) in [6.07, 6.45) is 0.794. The Morgan fingerprint density at radius 3 is 2.55 bits per heavy atom. The molecule has 0 unspecified atom stereocenters. The Kier molecular flexibility index (Phi) is 7.42. The smallest absolute Gasteiger partial charge is 0.281 e. The van der Waals surface area contributed by atoms with Gasteiger partial charge in [0.25, 0.3) is 10.2 Å². The molecule has 0 spiro atoms. The average Bonchev–Trinajstić information content (AvgIpc) is 2.79. The maximum absolute atomic E-state index is 12.3. The van der Waals surface area contributed by atoms with Crippen LogP contribution in [0.5, 0.6) is 0 Å². The van der Waals surface area contributed by atoms with Crippen molar-refractivity contribution in [2.24, 2.45) is 0 Å². The van der Waals surface area contributed by atoms with Gasteiger partial charge in [0.05, 0.1) is 4.34 Å². The van der Waals surface area contributed by atoms with Crippen LogP contribution in [0, 0.1) is 0 Å². The fourth-order valence-electron chi connectivity index (χ4n) is 1.69. The van der Waals surface area contributed by atoms with E-state index < -0.39 is 10.2 Å². The standard InChI is InChI=1S/C12H22ClN3O2S2/c1-4-14-8-5-9-15(2)20(17,18)16(3)10-11-6-7-12(13)19-11/h6-7,14H,4-5,8-10H2,1-3H3. The molecule has 1 aromatic heterocycles. The minimum absolute atomic E-state index is 0.345. The lowest BCUT2D eigenvalue weighted by Gasteiger charge is -2.24. The zero-order chi connectivity index (χ0) is 15.2. The monoisotopic (exact) mass is 339 g/mol. The van der Waals surface area contributed by atoms with Crippen molar-refractivity contribution in [1.29, 1.82) is 0 Å². The molecule has 8 heteroatoms. The molecule has 0 radical (unpaired) electrons. The van der Waals surface area contributed by atoms with Gasteiger partial charge in [-0.2, -0.15) is 17.0 Å². The minimum Gasteiger partial charge on any atom is -0.317 e. The lowest BCUT2D eigenvalue weighted by atomic mass is 10.4. The number of hydrogen-bond acceptors (Lipinski definition) is 4. The molecule has 1 heterocycles. The summed E-state index contributed by atoms with van der Waals surface area (Å²) in [5.74, 6) is 0. The van der Waals surface area contributed by atoms with Gasteiger partial charge in [0.2, 0.25) is 0 Å². The Hall–Kier alpha value is -0.180. The van der Waals surface area contributed by atoms with E-state index in [1.165, 1.54) is 19.9 Å². The minimum atomic E-state index is -3.41. The van der Waals surface area contributed by atoms with Gasteiger partial charge in [-0.15, -0.1) is 11.3 Å². The Balaban J connectivity index is 2.53. The van der Waals surface area contributed by atoms with E-state index in [-0.39, 0.29) is 0 Å². The Labute approximate surface area is 130 Å². The first-order valence-corrected chi connectivity index (χ1v) is 9.09. The Morgan fingerprint density at radius 2 is 2.00 bits per heavy atom. The molecule has 0 aliphatic heterocycles. The van der Waals surface area contributed by atoms with Crippen LogP contribution in [-0.4, -0.2) is 50.8 Å². The second-order valence-electron chi connectivity index (χ2n) is 4.50. The lowest BCUT2D eigenvalue weighted by molar-refractivity contribution is 0.385. The van der Waals surface area contributed by atoms with Crippen LogP contribution in [0.2, 0.25) is 4.34 Å². The number of rotatable bonds is 9. The van der Waals surface area contributed by atoms with Crippen molar-refractivity contribution in [3.63, 3.8) is 0 Å². The fraction of sp³-hybridized carbons (Fsp3) is 0.667. The van der Waals surface area contributed by atoms with Gasteiger partial charge in [0.1, 0.15) is 0 Å². The Bertz CT molecular complexity index is 505. The molecule has 1 N–H and O–H groups in total. The van der Waals surface area contributed by atoms with Gasteiger partial charge >= 0.3 is 0 Å². The molecule has 0 saturated heterocycles. The van der Waals surface area contributed by atoms with E-state index in [1.54, 1.807) is 20.2 Å². The van der Waals surface area contributed by atoms with E-state index >= 15 is 0 Å². The summed E-state index contributed by atoms with van der Waals surface area (Å²) in [6, 6.07) is 3.63. The number of nitrogens with one attached hydrogen (secondary N) is 1. The van der Waals surface area contributed by atoms with Crippen molar-refractivity contribution >= 4 is 33.1 Å². The van der Waals surface area contributed by atoms with Crippen LogP contribution in [0.4, 0.5) is 0 Å². The van der Waals surface area contributed by atoms with Crippen LogP contribution in [0.15, 0.2) is 12.1 Å². The second kappa shape index (κ2) is 8.31. The summed E-state index contributed by atoms with van der Waals surface area (Å²) >= 11 is 7.25.